The molecule has 2 aromatic rings. The van der Waals surface area contributed by atoms with Gasteiger partial charge in [0.15, 0.2) is 0 Å². The minimum absolute atomic E-state index is 0.00856. The number of benzene rings is 1. The van der Waals surface area contributed by atoms with Crippen molar-refractivity contribution in [2.75, 3.05) is 0 Å². The summed E-state index contributed by atoms with van der Waals surface area (Å²) in [6, 6.07) is 12.8. The molecule has 0 bridgehead atoms. The number of rotatable bonds is 5. The molecule has 1 aromatic heterocycles. The van der Waals surface area contributed by atoms with Crippen molar-refractivity contribution in [3.8, 4) is 0 Å². The van der Waals surface area contributed by atoms with Crippen LogP contribution in [-0.2, 0) is 5.41 Å². The number of nitrogens with two attached hydrogens (primary N) is 1. The monoisotopic (exact) mass is 337 g/mol. The highest BCUT2D eigenvalue weighted by atomic mass is 79.9. The highest BCUT2D eigenvalue weighted by Crippen LogP contribution is 2.45. The summed E-state index contributed by atoms with van der Waals surface area (Å²) in [5.41, 5.74) is 8.00. The van der Waals surface area contributed by atoms with E-state index < -0.39 is 0 Å². The highest BCUT2D eigenvalue weighted by molar-refractivity contribution is 9.10. The van der Waals surface area contributed by atoms with Crippen LogP contribution in [0.1, 0.15) is 43.2 Å². The third-order valence-electron chi connectivity index (χ3n) is 4.13. The molecule has 2 N–H and O–H groups in total. The zero-order chi connectivity index (χ0) is 13.9. The van der Waals surface area contributed by atoms with Crippen molar-refractivity contribution < 1.29 is 0 Å². The molecular formula is C16H20BrNS. The minimum atomic E-state index is 0.00856. The number of hydrogen-bond donors (Lipinski definition) is 1. The molecule has 1 nitrogen and oxygen atoms in total. The summed E-state index contributed by atoms with van der Waals surface area (Å²) >= 11 is 5.36. The largest absolute Gasteiger partial charge is 0.323 e. The van der Waals surface area contributed by atoms with Crippen LogP contribution in [0.15, 0.2) is 46.3 Å². The zero-order valence-corrected chi connectivity index (χ0v) is 13.8. The third kappa shape index (κ3) is 2.64. The molecule has 3 heteroatoms. The van der Waals surface area contributed by atoms with Crippen molar-refractivity contribution in [3.63, 3.8) is 0 Å². The van der Waals surface area contributed by atoms with Crippen LogP contribution >= 0.6 is 27.3 Å². The van der Waals surface area contributed by atoms with Gasteiger partial charge in [-0.15, -0.1) is 11.3 Å². The second-order valence-corrected chi connectivity index (χ2v) is 6.64. The molecule has 0 aliphatic rings. The predicted molar refractivity (Wildman–Crippen MR) is 87.6 cm³/mol. The van der Waals surface area contributed by atoms with Crippen molar-refractivity contribution in [3.05, 3.63) is 56.7 Å². The molecule has 0 radical (unpaired) electrons. The van der Waals surface area contributed by atoms with Gasteiger partial charge in [0.1, 0.15) is 0 Å². The van der Waals surface area contributed by atoms with Gasteiger partial charge in [-0.2, -0.15) is 0 Å². The van der Waals surface area contributed by atoms with Gasteiger partial charge in [-0.3, -0.25) is 0 Å². The van der Waals surface area contributed by atoms with Gasteiger partial charge in [0, 0.05) is 20.8 Å². The summed E-state index contributed by atoms with van der Waals surface area (Å²) < 4.78 is 1.13. The van der Waals surface area contributed by atoms with E-state index in [1.807, 2.05) is 0 Å². The van der Waals surface area contributed by atoms with E-state index in [1.54, 1.807) is 11.3 Å². The molecule has 1 aromatic carbocycles. The Morgan fingerprint density at radius 3 is 2.26 bits per heavy atom. The summed E-state index contributed by atoms with van der Waals surface area (Å²) in [7, 11) is 0. The Balaban J connectivity index is 2.48. The van der Waals surface area contributed by atoms with Crippen LogP contribution in [0.2, 0.25) is 0 Å². The van der Waals surface area contributed by atoms with Gasteiger partial charge >= 0.3 is 0 Å². The SMILES string of the molecule is CCC(CC)(c1ccccc1)C(N)c1sccc1Br. The first-order valence-electron chi connectivity index (χ1n) is 6.69. The van der Waals surface area contributed by atoms with Gasteiger partial charge in [0.2, 0.25) is 0 Å². The predicted octanol–water partition coefficient (Wildman–Crippen LogP) is 5.27. The summed E-state index contributed by atoms with van der Waals surface area (Å²) in [5.74, 6) is 0. The quantitative estimate of drug-likeness (QED) is 0.790. The lowest BCUT2D eigenvalue weighted by molar-refractivity contribution is 0.325. The van der Waals surface area contributed by atoms with E-state index in [0.717, 1.165) is 17.3 Å². The Labute approximate surface area is 128 Å². The molecule has 0 saturated heterocycles. The topological polar surface area (TPSA) is 26.0 Å². The van der Waals surface area contributed by atoms with Crippen LogP contribution in [0, 0.1) is 0 Å². The number of hydrogen-bond acceptors (Lipinski definition) is 2. The van der Waals surface area contributed by atoms with Gasteiger partial charge in [0.05, 0.1) is 0 Å². The molecule has 0 aliphatic carbocycles. The first-order chi connectivity index (χ1) is 9.15. The van der Waals surface area contributed by atoms with E-state index in [2.05, 4.69) is 71.6 Å². The Hall–Kier alpha value is -0.640. The van der Waals surface area contributed by atoms with Crippen LogP contribution in [0.25, 0.3) is 0 Å². The summed E-state index contributed by atoms with van der Waals surface area (Å²) in [6.07, 6.45) is 2.08. The van der Waals surface area contributed by atoms with Gasteiger partial charge < -0.3 is 5.73 Å². The fraction of sp³-hybridized carbons (Fsp3) is 0.375. The standard InChI is InChI=1S/C16H20BrNS/c1-3-16(4-2,12-8-6-5-7-9-12)15(18)14-13(17)10-11-19-14/h5-11,15H,3-4,18H2,1-2H3. The van der Waals surface area contributed by atoms with Gasteiger partial charge in [-0.1, -0.05) is 44.2 Å². The molecule has 0 amide bonds. The lowest BCUT2D eigenvalue weighted by Gasteiger charge is -2.38. The summed E-state index contributed by atoms with van der Waals surface area (Å²) in [6.45, 7) is 4.47. The first kappa shape index (κ1) is 14.8. The minimum Gasteiger partial charge on any atom is -0.323 e. The normalized spacial score (nSPS) is 13.5. The fourth-order valence-corrected chi connectivity index (χ4v) is 4.56. The fourth-order valence-electron chi connectivity index (χ4n) is 2.83. The summed E-state index contributed by atoms with van der Waals surface area (Å²) in [4.78, 5) is 1.24. The molecule has 19 heavy (non-hydrogen) atoms. The maximum Gasteiger partial charge on any atom is 0.0499 e. The second kappa shape index (κ2) is 6.21. The molecular weight excluding hydrogens is 318 g/mol. The Morgan fingerprint density at radius 2 is 1.79 bits per heavy atom. The van der Waals surface area contributed by atoms with E-state index >= 15 is 0 Å². The van der Waals surface area contributed by atoms with Crippen LogP contribution < -0.4 is 5.73 Å². The van der Waals surface area contributed by atoms with Crippen molar-refractivity contribution in [1.82, 2.24) is 0 Å². The average molecular weight is 338 g/mol. The second-order valence-electron chi connectivity index (χ2n) is 4.84. The van der Waals surface area contributed by atoms with Crippen LogP contribution in [0.4, 0.5) is 0 Å². The van der Waals surface area contributed by atoms with E-state index in [0.29, 0.717) is 0 Å². The summed E-state index contributed by atoms with van der Waals surface area (Å²) in [5, 5.41) is 2.10. The van der Waals surface area contributed by atoms with E-state index in [4.69, 9.17) is 5.73 Å². The molecule has 0 spiro atoms. The van der Waals surface area contributed by atoms with Crippen LogP contribution in [-0.4, -0.2) is 0 Å². The van der Waals surface area contributed by atoms with E-state index in [-0.39, 0.29) is 11.5 Å². The molecule has 0 aliphatic heterocycles. The lowest BCUT2D eigenvalue weighted by Crippen LogP contribution is -2.37. The van der Waals surface area contributed by atoms with Gasteiger partial charge in [0.25, 0.3) is 0 Å². The number of thiophene rings is 1. The van der Waals surface area contributed by atoms with Crippen molar-refractivity contribution in [2.24, 2.45) is 5.73 Å². The Morgan fingerprint density at radius 1 is 1.16 bits per heavy atom. The molecule has 1 heterocycles. The Kier molecular flexibility index (Phi) is 4.82. The zero-order valence-electron chi connectivity index (χ0n) is 11.4. The van der Waals surface area contributed by atoms with Gasteiger partial charge in [-0.25, -0.2) is 0 Å². The van der Waals surface area contributed by atoms with Crippen molar-refractivity contribution in [2.45, 2.75) is 38.1 Å². The van der Waals surface area contributed by atoms with Crippen molar-refractivity contribution in [1.29, 1.82) is 0 Å². The smallest absolute Gasteiger partial charge is 0.0499 e. The Bertz CT molecular complexity index is 517. The number of halogens is 1. The first-order valence-corrected chi connectivity index (χ1v) is 8.37. The maximum absolute atomic E-state index is 6.65. The molecule has 1 unspecified atom stereocenters. The van der Waals surface area contributed by atoms with Crippen LogP contribution in [0.3, 0.4) is 0 Å². The maximum atomic E-state index is 6.65. The third-order valence-corrected chi connectivity index (χ3v) is 6.09. The molecule has 1 atom stereocenters. The van der Waals surface area contributed by atoms with Crippen LogP contribution in [0.5, 0.6) is 0 Å². The molecule has 2 rings (SSSR count). The van der Waals surface area contributed by atoms with E-state index in [1.165, 1.54) is 10.4 Å². The average Bonchev–Trinajstić information content (AvgIpc) is 2.88. The van der Waals surface area contributed by atoms with E-state index in [9.17, 15) is 0 Å². The van der Waals surface area contributed by atoms with Gasteiger partial charge in [-0.05, 0) is 45.8 Å². The van der Waals surface area contributed by atoms with Crippen molar-refractivity contribution >= 4 is 27.3 Å². The molecule has 0 fully saturated rings. The molecule has 102 valence electrons. The molecule has 0 saturated carbocycles. The highest BCUT2D eigenvalue weighted by Gasteiger charge is 2.37. The lowest BCUT2D eigenvalue weighted by atomic mass is 9.70.